The number of carbonyl (C=O) groups is 1. The van der Waals surface area contributed by atoms with E-state index in [4.69, 9.17) is 5.11 Å². The lowest BCUT2D eigenvalue weighted by Gasteiger charge is -2.03. The van der Waals surface area contributed by atoms with Crippen molar-refractivity contribution in [2.75, 3.05) is 5.75 Å². The highest BCUT2D eigenvalue weighted by molar-refractivity contribution is 7.99. The maximum atomic E-state index is 11.0. The maximum Gasteiger partial charge on any atom is 0.336 e. The van der Waals surface area contributed by atoms with E-state index in [1.165, 1.54) is 11.8 Å². The first-order valence-electron chi connectivity index (χ1n) is 5.94. The van der Waals surface area contributed by atoms with E-state index < -0.39 is 5.97 Å². The second kappa shape index (κ2) is 6.81. The van der Waals surface area contributed by atoms with Gasteiger partial charge in [0.15, 0.2) is 0 Å². The van der Waals surface area contributed by atoms with Crippen molar-refractivity contribution in [3.05, 3.63) is 71.8 Å². The van der Waals surface area contributed by atoms with Crippen LogP contribution in [-0.4, -0.2) is 16.8 Å². The number of carboxylic acids is 1. The first-order valence-corrected chi connectivity index (χ1v) is 6.92. The molecule has 0 bridgehead atoms. The van der Waals surface area contributed by atoms with Crippen LogP contribution in [0.2, 0.25) is 0 Å². The molecule has 0 aliphatic heterocycles. The lowest BCUT2D eigenvalue weighted by Crippen LogP contribution is -1.98. The van der Waals surface area contributed by atoms with E-state index in [0.29, 0.717) is 5.56 Å². The van der Waals surface area contributed by atoms with Gasteiger partial charge in [-0.05, 0) is 17.7 Å². The molecule has 0 amide bonds. The summed E-state index contributed by atoms with van der Waals surface area (Å²) >= 11 is 1.53. The molecule has 0 atom stereocenters. The molecule has 0 saturated heterocycles. The largest absolute Gasteiger partial charge is 0.478 e. The van der Waals surface area contributed by atoms with Gasteiger partial charge in [-0.2, -0.15) is 0 Å². The summed E-state index contributed by atoms with van der Waals surface area (Å²) in [5.41, 5.74) is 1.51. The van der Waals surface area contributed by atoms with Crippen LogP contribution in [0.25, 0.3) is 6.08 Å². The maximum absolute atomic E-state index is 11.0. The molecule has 2 rings (SSSR count). The van der Waals surface area contributed by atoms with Crippen molar-refractivity contribution < 1.29 is 9.90 Å². The Kier molecular flexibility index (Phi) is 4.81. The predicted octanol–water partition coefficient (Wildman–Crippen LogP) is 4.19. The number of thioether (sulfide) groups is 1. The Morgan fingerprint density at radius 1 is 1.05 bits per heavy atom. The topological polar surface area (TPSA) is 37.3 Å². The third-order valence-corrected chi connectivity index (χ3v) is 3.59. The summed E-state index contributed by atoms with van der Waals surface area (Å²) in [5.74, 6) is -0.130. The molecule has 19 heavy (non-hydrogen) atoms. The average molecular weight is 270 g/mol. The van der Waals surface area contributed by atoms with E-state index in [1.54, 1.807) is 12.1 Å². The minimum Gasteiger partial charge on any atom is -0.478 e. The fraction of sp³-hybridized carbons (Fsp3) is 0.0625. The standard InChI is InChI=1S/C16H14O2S/c17-16(18)14-10-4-5-11-15(14)19-12-6-9-13-7-2-1-3-8-13/h1-11H,12H2,(H,17,18)/b9-6-. The van der Waals surface area contributed by atoms with Gasteiger partial charge in [0.2, 0.25) is 0 Å². The fourth-order valence-electron chi connectivity index (χ4n) is 1.66. The van der Waals surface area contributed by atoms with Crippen LogP contribution in [0.4, 0.5) is 0 Å². The van der Waals surface area contributed by atoms with Crippen LogP contribution in [0.15, 0.2) is 65.6 Å². The highest BCUT2D eigenvalue weighted by atomic mass is 32.2. The highest BCUT2D eigenvalue weighted by Crippen LogP contribution is 2.22. The van der Waals surface area contributed by atoms with Gasteiger partial charge in [-0.1, -0.05) is 54.6 Å². The minimum atomic E-state index is -0.880. The molecule has 3 heteroatoms. The van der Waals surface area contributed by atoms with Gasteiger partial charge in [0, 0.05) is 10.6 Å². The Morgan fingerprint density at radius 2 is 1.74 bits per heavy atom. The Labute approximate surface area is 116 Å². The van der Waals surface area contributed by atoms with Crippen molar-refractivity contribution in [3.8, 4) is 0 Å². The SMILES string of the molecule is O=C(O)c1ccccc1SC/C=C\c1ccccc1. The zero-order valence-electron chi connectivity index (χ0n) is 10.3. The van der Waals surface area contributed by atoms with Crippen molar-refractivity contribution >= 4 is 23.8 Å². The number of benzene rings is 2. The number of carboxylic acid groups (broad SMARTS) is 1. The van der Waals surface area contributed by atoms with Gasteiger partial charge < -0.3 is 5.11 Å². The zero-order chi connectivity index (χ0) is 13.5. The van der Waals surface area contributed by atoms with Crippen LogP contribution in [0.1, 0.15) is 15.9 Å². The quantitative estimate of drug-likeness (QED) is 0.828. The summed E-state index contributed by atoms with van der Waals surface area (Å²) in [6, 6.07) is 17.1. The summed E-state index contributed by atoms with van der Waals surface area (Å²) in [4.78, 5) is 11.8. The summed E-state index contributed by atoms with van der Waals surface area (Å²) in [7, 11) is 0. The zero-order valence-corrected chi connectivity index (χ0v) is 11.1. The number of hydrogen-bond donors (Lipinski definition) is 1. The molecule has 2 aromatic carbocycles. The van der Waals surface area contributed by atoms with Crippen molar-refractivity contribution in [2.24, 2.45) is 0 Å². The highest BCUT2D eigenvalue weighted by Gasteiger charge is 2.07. The number of rotatable bonds is 5. The van der Waals surface area contributed by atoms with Crippen molar-refractivity contribution in [3.63, 3.8) is 0 Å². The molecule has 0 aliphatic carbocycles. The third kappa shape index (κ3) is 4.00. The smallest absolute Gasteiger partial charge is 0.336 e. The Morgan fingerprint density at radius 3 is 2.47 bits per heavy atom. The van der Waals surface area contributed by atoms with Crippen molar-refractivity contribution in [1.29, 1.82) is 0 Å². The Bertz CT molecular complexity index is 576. The molecule has 0 spiro atoms. The van der Waals surface area contributed by atoms with Crippen LogP contribution >= 0.6 is 11.8 Å². The molecule has 2 aromatic rings. The van der Waals surface area contributed by atoms with E-state index >= 15 is 0 Å². The fourth-order valence-corrected chi connectivity index (χ4v) is 2.51. The van der Waals surface area contributed by atoms with Crippen LogP contribution in [0.3, 0.4) is 0 Å². The predicted molar refractivity (Wildman–Crippen MR) is 79.6 cm³/mol. The molecule has 2 nitrogen and oxygen atoms in total. The van der Waals surface area contributed by atoms with Gasteiger partial charge in [0.05, 0.1) is 5.56 Å². The molecule has 1 N–H and O–H groups in total. The van der Waals surface area contributed by atoms with Gasteiger partial charge in [-0.25, -0.2) is 4.79 Å². The minimum absolute atomic E-state index is 0.362. The van der Waals surface area contributed by atoms with Crippen LogP contribution < -0.4 is 0 Å². The average Bonchev–Trinajstić information content (AvgIpc) is 2.45. The molecule has 96 valence electrons. The Balaban J connectivity index is 1.96. The van der Waals surface area contributed by atoms with Crippen LogP contribution in [-0.2, 0) is 0 Å². The lowest BCUT2D eigenvalue weighted by molar-refractivity contribution is 0.0693. The van der Waals surface area contributed by atoms with E-state index in [-0.39, 0.29) is 0 Å². The lowest BCUT2D eigenvalue weighted by atomic mass is 10.2. The summed E-state index contributed by atoms with van der Waals surface area (Å²) < 4.78 is 0. The van der Waals surface area contributed by atoms with E-state index in [0.717, 1.165) is 16.2 Å². The van der Waals surface area contributed by atoms with E-state index in [9.17, 15) is 4.79 Å². The summed E-state index contributed by atoms with van der Waals surface area (Å²) in [5, 5.41) is 9.07. The molecular weight excluding hydrogens is 256 g/mol. The van der Waals surface area contributed by atoms with Gasteiger partial charge in [0.1, 0.15) is 0 Å². The third-order valence-electron chi connectivity index (χ3n) is 2.56. The molecule has 0 aliphatic rings. The normalized spacial score (nSPS) is 10.7. The van der Waals surface area contributed by atoms with Crippen LogP contribution in [0.5, 0.6) is 0 Å². The van der Waals surface area contributed by atoms with Crippen molar-refractivity contribution in [1.82, 2.24) is 0 Å². The molecule has 0 saturated carbocycles. The second-order valence-electron chi connectivity index (χ2n) is 3.93. The summed E-state index contributed by atoms with van der Waals surface area (Å²) in [6.07, 6.45) is 4.08. The first kappa shape index (κ1) is 13.4. The monoisotopic (exact) mass is 270 g/mol. The van der Waals surface area contributed by atoms with E-state index in [2.05, 4.69) is 0 Å². The molecule has 0 heterocycles. The molecular formula is C16H14O2S. The molecule has 0 aromatic heterocycles. The summed E-state index contributed by atoms with van der Waals surface area (Å²) in [6.45, 7) is 0. The number of aromatic carboxylic acids is 1. The number of hydrogen-bond acceptors (Lipinski definition) is 2. The first-order chi connectivity index (χ1) is 9.27. The Hall–Kier alpha value is -2.00. The molecule has 0 unspecified atom stereocenters. The second-order valence-corrected chi connectivity index (χ2v) is 4.99. The molecule has 0 fully saturated rings. The van der Waals surface area contributed by atoms with Gasteiger partial charge in [0.25, 0.3) is 0 Å². The van der Waals surface area contributed by atoms with Gasteiger partial charge >= 0.3 is 5.97 Å². The van der Waals surface area contributed by atoms with Gasteiger partial charge in [-0.3, -0.25) is 0 Å². The van der Waals surface area contributed by atoms with E-state index in [1.807, 2.05) is 54.6 Å². The van der Waals surface area contributed by atoms with Crippen molar-refractivity contribution in [2.45, 2.75) is 4.90 Å². The van der Waals surface area contributed by atoms with Gasteiger partial charge in [-0.15, -0.1) is 11.8 Å². The van der Waals surface area contributed by atoms with Crippen LogP contribution in [0, 0.1) is 0 Å². The molecule has 0 radical (unpaired) electrons.